The molecule has 2 aliphatic rings. The average molecular weight is 451 g/mol. The van der Waals surface area contributed by atoms with E-state index in [1.807, 2.05) is 36.8 Å². The molecule has 2 atom stereocenters. The standard InChI is InChI=1S/C24H30N6O3/c1-15-12-27-30-14-19(28-24(23(15)30)33-16(2)18-11-22(31)26-13-18)17-4-5-20(21(10-17)32-3)29-8-6-25-7-9-29/h4-5,10,12,14,16,18,25H,6-9,11,13H2,1-3H3,(H,26,31). The molecule has 0 spiro atoms. The maximum absolute atomic E-state index is 11.7. The van der Waals surface area contributed by atoms with Gasteiger partial charge in [0.1, 0.15) is 17.4 Å². The van der Waals surface area contributed by atoms with Crippen molar-refractivity contribution in [3.63, 3.8) is 0 Å². The van der Waals surface area contributed by atoms with Gasteiger partial charge >= 0.3 is 0 Å². The van der Waals surface area contributed by atoms with Gasteiger partial charge in [-0.2, -0.15) is 5.10 Å². The number of methoxy groups -OCH3 is 1. The van der Waals surface area contributed by atoms with Gasteiger partial charge in [-0.1, -0.05) is 6.07 Å². The third kappa shape index (κ3) is 4.20. The first-order valence-corrected chi connectivity index (χ1v) is 11.5. The molecular formula is C24H30N6O3. The number of nitrogens with one attached hydrogen (secondary N) is 2. The van der Waals surface area contributed by atoms with Crippen LogP contribution in [0.25, 0.3) is 16.8 Å². The summed E-state index contributed by atoms with van der Waals surface area (Å²) in [4.78, 5) is 18.9. The molecule has 9 nitrogen and oxygen atoms in total. The number of carbonyl (C=O) groups is 1. The van der Waals surface area contributed by atoms with Gasteiger partial charge < -0.3 is 25.0 Å². The molecule has 2 aromatic heterocycles. The van der Waals surface area contributed by atoms with Crippen molar-refractivity contribution in [1.29, 1.82) is 0 Å². The van der Waals surface area contributed by atoms with Crippen LogP contribution in [-0.4, -0.2) is 66.4 Å². The molecule has 0 aliphatic carbocycles. The number of aryl methyl sites for hydroxylation is 1. The van der Waals surface area contributed by atoms with Crippen LogP contribution in [0.5, 0.6) is 11.6 Å². The first-order chi connectivity index (χ1) is 16.0. The molecule has 0 radical (unpaired) electrons. The minimum Gasteiger partial charge on any atom is -0.495 e. The topological polar surface area (TPSA) is 93.0 Å². The Kier molecular flexibility index (Phi) is 5.80. The number of hydrogen-bond acceptors (Lipinski definition) is 7. The lowest BCUT2D eigenvalue weighted by Gasteiger charge is -2.30. The Balaban J connectivity index is 1.50. The van der Waals surface area contributed by atoms with E-state index in [0.29, 0.717) is 18.8 Å². The van der Waals surface area contributed by atoms with Crippen LogP contribution in [0.3, 0.4) is 0 Å². The first-order valence-electron chi connectivity index (χ1n) is 11.5. The van der Waals surface area contributed by atoms with Crippen LogP contribution in [0.4, 0.5) is 5.69 Å². The number of anilines is 1. The predicted molar refractivity (Wildman–Crippen MR) is 126 cm³/mol. The minimum atomic E-state index is -0.158. The van der Waals surface area contributed by atoms with Gasteiger partial charge in [-0.15, -0.1) is 0 Å². The molecule has 0 bridgehead atoms. The number of benzene rings is 1. The monoisotopic (exact) mass is 450 g/mol. The van der Waals surface area contributed by atoms with Gasteiger partial charge in [-0.25, -0.2) is 9.50 Å². The van der Waals surface area contributed by atoms with Crippen LogP contribution in [0.2, 0.25) is 0 Å². The van der Waals surface area contributed by atoms with Crippen LogP contribution >= 0.6 is 0 Å². The molecule has 2 aliphatic heterocycles. The van der Waals surface area contributed by atoms with Crippen LogP contribution in [0.1, 0.15) is 18.9 Å². The van der Waals surface area contributed by atoms with Crippen molar-refractivity contribution in [2.24, 2.45) is 5.92 Å². The van der Waals surface area contributed by atoms with Gasteiger partial charge in [-0.05, 0) is 26.0 Å². The summed E-state index contributed by atoms with van der Waals surface area (Å²) >= 11 is 0. The Labute approximate surface area is 193 Å². The zero-order valence-electron chi connectivity index (χ0n) is 19.3. The van der Waals surface area contributed by atoms with E-state index in [4.69, 9.17) is 14.5 Å². The third-order valence-corrected chi connectivity index (χ3v) is 6.55. The van der Waals surface area contributed by atoms with Crippen molar-refractivity contribution in [2.45, 2.75) is 26.4 Å². The molecule has 3 aromatic rings. The third-order valence-electron chi connectivity index (χ3n) is 6.55. The summed E-state index contributed by atoms with van der Waals surface area (Å²) in [7, 11) is 1.70. The number of amides is 1. The molecule has 2 fully saturated rings. The molecule has 33 heavy (non-hydrogen) atoms. The van der Waals surface area contributed by atoms with Gasteiger partial charge in [0.05, 0.1) is 30.9 Å². The van der Waals surface area contributed by atoms with Gasteiger partial charge in [0.15, 0.2) is 0 Å². The molecule has 2 unspecified atom stereocenters. The van der Waals surface area contributed by atoms with E-state index >= 15 is 0 Å². The van der Waals surface area contributed by atoms with Crippen molar-refractivity contribution in [1.82, 2.24) is 25.2 Å². The van der Waals surface area contributed by atoms with Crippen LogP contribution in [-0.2, 0) is 4.79 Å². The van der Waals surface area contributed by atoms with E-state index < -0.39 is 0 Å². The van der Waals surface area contributed by atoms with E-state index in [1.165, 1.54) is 0 Å². The minimum absolute atomic E-state index is 0.0690. The fourth-order valence-electron chi connectivity index (χ4n) is 4.58. The largest absolute Gasteiger partial charge is 0.495 e. The molecule has 2 saturated heterocycles. The summed E-state index contributed by atoms with van der Waals surface area (Å²) < 4.78 is 13.9. The number of nitrogens with zero attached hydrogens (tertiary/aromatic N) is 4. The van der Waals surface area contributed by atoms with Gasteiger partial charge in [0.2, 0.25) is 11.8 Å². The summed E-state index contributed by atoms with van der Waals surface area (Å²) in [6, 6.07) is 6.19. The molecule has 0 saturated carbocycles. The van der Waals surface area contributed by atoms with E-state index in [-0.39, 0.29) is 17.9 Å². The van der Waals surface area contributed by atoms with Crippen LogP contribution in [0, 0.1) is 12.8 Å². The van der Waals surface area contributed by atoms with Crippen molar-refractivity contribution < 1.29 is 14.3 Å². The number of piperazine rings is 1. The molecule has 4 heterocycles. The fraction of sp³-hybridized carbons (Fsp3) is 0.458. The second-order valence-corrected chi connectivity index (χ2v) is 8.77. The Morgan fingerprint density at radius 2 is 2.06 bits per heavy atom. The highest BCUT2D eigenvalue weighted by Crippen LogP contribution is 2.35. The zero-order valence-corrected chi connectivity index (χ0v) is 19.3. The van der Waals surface area contributed by atoms with E-state index in [0.717, 1.165) is 60.0 Å². The summed E-state index contributed by atoms with van der Waals surface area (Å²) in [6.07, 6.45) is 4.04. The number of hydrogen-bond donors (Lipinski definition) is 2. The maximum Gasteiger partial charge on any atom is 0.241 e. The summed E-state index contributed by atoms with van der Waals surface area (Å²) in [6.45, 7) is 8.42. The fourth-order valence-corrected chi connectivity index (χ4v) is 4.58. The second-order valence-electron chi connectivity index (χ2n) is 8.77. The first kappa shape index (κ1) is 21.5. The quantitative estimate of drug-likeness (QED) is 0.594. The van der Waals surface area contributed by atoms with E-state index in [2.05, 4.69) is 32.8 Å². The number of fused-ring (bicyclic) bond motifs is 1. The van der Waals surface area contributed by atoms with Crippen molar-refractivity contribution in [2.75, 3.05) is 44.7 Å². The Morgan fingerprint density at radius 3 is 2.79 bits per heavy atom. The van der Waals surface area contributed by atoms with E-state index in [1.54, 1.807) is 7.11 Å². The average Bonchev–Trinajstić information content (AvgIpc) is 3.45. The Morgan fingerprint density at radius 1 is 1.24 bits per heavy atom. The van der Waals surface area contributed by atoms with Crippen molar-refractivity contribution in [3.05, 3.63) is 36.2 Å². The highest BCUT2D eigenvalue weighted by Gasteiger charge is 2.29. The predicted octanol–water partition coefficient (Wildman–Crippen LogP) is 2.03. The number of ether oxygens (including phenoxy) is 2. The van der Waals surface area contributed by atoms with Crippen molar-refractivity contribution >= 4 is 17.1 Å². The number of rotatable bonds is 6. The smallest absolute Gasteiger partial charge is 0.241 e. The molecule has 5 rings (SSSR count). The molecule has 1 amide bonds. The van der Waals surface area contributed by atoms with Gasteiger partial charge in [-0.3, -0.25) is 4.79 Å². The Bertz CT molecular complexity index is 1170. The molecule has 1 aromatic carbocycles. The normalized spacial score (nSPS) is 19.5. The van der Waals surface area contributed by atoms with Crippen LogP contribution < -0.4 is 25.0 Å². The lowest BCUT2D eigenvalue weighted by Crippen LogP contribution is -2.43. The number of carbonyl (C=O) groups excluding carboxylic acids is 1. The molecular weight excluding hydrogens is 420 g/mol. The molecule has 2 N–H and O–H groups in total. The highest BCUT2D eigenvalue weighted by atomic mass is 16.5. The lowest BCUT2D eigenvalue weighted by atomic mass is 10.0. The van der Waals surface area contributed by atoms with Crippen LogP contribution in [0.15, 0.2) is 30.6 Å². The van der Waals surface area contributed by atoms with Crippen molar-refractivity contribution in [3.8, 4) is 22.9 Å². The molecule has 9 heteroatoms. The van der Waals surface area contributed by atoms with Gasteiger partial charge in [0.25, 0.3) is 0 Å². The van der Waals surface area contributed by atoms with Gasteiger partial charge in [0, 0.05) is 56.2 Å². The molecule has 174 valence electrons. The highest BCUT2D eigenvalue weighted by molar-refractivity contribution is 5.78. The summed E-state index contributed by atoms with van der Waals surface area (Å²) in [5, 5.41) is 10.8. The lowest BCUT2D eigenvalue weighted by molar-refractivity contribution is -0.119. The summed E-state index contributed by atoms with van der Waals surface area (Å²) in [5.74, 6) is 1.53. The Hall–Kier alpha value is -3.33. The van der Waals surface area contributed by atoms with E-state index in [9.17, 15) is 4.79 Å². The zero-order chi connectivity index (χ0) is 22.9. The number of aromatic nitrogens is 3. The maximum atomic E-state index is 11.7. The summed E-state index contributed by atoms with van der Waals surface area (Å²) in [5.41, 5.74) is 4.59. The SMILES string of the molecule is COc1cc(-c2cn3ncc(C)c3c(OC(C)C3CNC(=O)C3)n2)ccc1N1CCNCC1. The second kappa shape index (κ2) is 8.90.